The standard InChI is InChI=1S/C16H22N2O2/c1-11-12(2)18(3)15-7-6-13(10-14(11)15)16(19)17-8-5-9-20-4/h6-7,10H,5,8-9H2,1-4H3,(H,17,19). The maximum atomic E-state index is 12.1. The average Bonchev–Trinajstić information content (AvgIpc) is 2.68. The quantitative estimate of drug-likeness (QED) is 0.852. The van der Waals surface area contributed by atoms with E-state index in [4.69, 9.17) is 4.74 Å². The Kier molecular flexibility index (Phi) is 4.45. The zero-order valence-electron chi connectivity index (χ0n) is 12.6. The number of amides is 1. The lowest BCUT2D eigenvalue weighted by atomic mass is 10.1. The summed E-state index contributed by atoms with van der Waals surface area (Å²) >= 11 is 0. The summed E-state index contributed by atoms with van der Waals surface area (Å²) in [7, 11) is 3.71. The second-order valence-corrected chi connectivity index (χ2v) is 5.10. The van der Waals surface area contributed by atoms with Crippen molar-refractivity contribution in [1.82, 2.24) is 9.88 Å². The van der Waals surface area contributed by atoms with Crippen LogP contribution in [-0.2, 0) is 11.8 Å². The van der Waals surface area contributed by atoms with Crippen LogP contribution >= 0.6 is 0 Å². The van der Waals surface area contributed by atoms with Gasteiger partial charge in [0, 0.05) is 49.5 Å². The minimum absolute atomic E-state index is 0.0242. The number of nitrogens with one attached hydrogen (secondary N) is 1. The molecule has 20 heavy (non-hydrogen) atoms. The molecule has 0 radical (unpaired) electrons. The fraction of sp³-hybridized carbons (Fsp3) is 0.438. The zero-order valence-corrected chi connectivity index (χ0v) is 12.6. The van der Waals surface area contributed by atoms with Gasteiger partial charge in [-0.2, -0.15) is 0 Å². The summed E-state index contributed by atoms with van der Waals surface area (Å²) in [5.41, 5.74) is 4.34. The maximum Gasteiger partial charge on any atom is 0.251 e. The number of carbonyl (C=O) groups excluding carboxylic acids is 1. The summed E-state index contributed by atoms with van der Waals surface area (Å²) in [5, 5.41) is 4.06. The van der Waals surface area contributed by atoms with Gasteiger partial charge in [0.25, 0.3) is 5.91 Å². The summed E-state index contributed by atoms with van der Waals surface area (Å²) in [6.45, 7) is 5.49. The van der Waals surface area contributed by atoms with Crippen molar-refractivity contribution in [1.29, 1.82) is 0 Å². The van der Waals surface area contributed by atoms with Gasteiger partial charge in [0.15, 0.2) is 0 Å². The molecule has 108 valence electrons. The van der Waals surface area contributed by atoms with Gasteiger partial charge in [-0.05, 0) is 44.0 Å². The van der Waals surface area contributed by atoms with Crippen LogP contribution in [0.1, 0.15) is 28.0 Å². The Morgan fingerprint density at radius 3 is 2.80 bits per heavy atom. The molecule has 4 nitrogen and oxygen atoms in total. The lowest BCUT2D eigenvalue weighted by Gasteiger charge is -2.05. The predicted molar refractivity (Wildman–Crippen MR) is 81.2 cm³/mol. The molecule has 1 N–H and O–H groups in total. The molecular formula is C16H22N2O2. The van der Waals surface area contributed by atoms with Crippen molar-refractivity contribution < 1.29 is 9.53 Å². The number of fused-ring (bicyclic) bond motifs is 1. The van der Waals surface area contributed by atoms with Crippen LogP contribution < -0.4 is 5.32 Å². The SMILES string of the molecule is COCCCNC(=O)c1ccc2c(c1)c(C)c(C)n2C. The number of aryl methyl sites for hydroxylation is 2. The van der Waals surface area contributed by atoms with Gasteiger partial charge in [0.1, 0.15) is 0 Å². The van der Waals surface area contributed by atoms with E-state index in [0.717, 1.165) is 17.3 Å². The molecule has 1 aromatic carbocycles. The van der Waals surface area contributed by atoms with Crippen molar-refractivity contribution in [2.45, 2.75) is 20.3 Å². The summed E-state index contributed by atoms with van der Waals surface area (Å²) in [6, 6.07) is 5.87. The van der Waals surface area contributed by atoms with E-state index in [1.807, 2.05) is 18.2 Å². The number of carbonyl (C=O) groups is 1. The number of ether oxygens (including phenoxy) is 1. The number of hydrogen-bond donors (Lipinski definition) is 1. The Morgan fingerprint density at radius 1 is 1.35 bits per heavy atom. The molecule has 0 bridgehead atoms. The molecule has 0 unspecified atom stereocenters. The molecule has 1 aromatic heterocycles. The Bertz CT molecular complexity index is 629. The molecule has 2 rings (SSSR count). The number of rotatable bonds is 5. The van der Waals surface area contributed by atoms with Crippen molar-refractivity contribution in [2.75, 3.05) is 20.3 Å². The smallest absolute Gasteiger partial charge is 0.251 e. The third-order valence-electron chi connectivity index (χ3n) is 3.88. The van der Waals surface area contributed by atoms with Crippen LogP contribution in [0, 0.1) is 13.8 Å². The van der Waals surface area contributed by atoms with Crippen LogP contribution in [0.25, 0.3) is 10.9 Å². The molecule has 1 amide bonds. The molecule has 0 saturated heterocycles. The molecular weight excluding hydrogens is 252 g/mol. The number of benzene rings is 1. The van der Waals surface area contributed by atoms with Gasteiger partial charge in [-0.25, -0.2) is 0 Å². The topological polar surface area (TPSA) is 43.3 Å². The van der Waals surface area contributed by atoms with Crippen molar-refractivity contribution in [2.24, 2.45) is 7.05 Å². The predicted octanol–water partition coefficient (Wildman–Crippen LogP) is 2.56. The van der Waals surface area contributed by atoms with Gasteiger partial charge in [-0.15, -0.1) is 0 Å². The Morgan fingerprint density at radius 2 is 2.10 bits per heavy atom. The van der Waals surface area contributed by atoms with Crippen molar-refractivity contribution in [3.8, 4) is 0 Å². The number of hydrogen-bond acceptors (Lipinski definition) is 2. The van der Waals surface area contributed by atoms with Crippen LogP contribution in [0.5, 0.6) is 0 Å². The van der Waals surface area contributed by atoms with E-state index in [2.05, 4.69) is 30.8 Å². The first-order chi connectivity index (χ1) is 9.56. The molecule has 1 heterocycles. The second kappa shape index (κ2) is 6.09. The zero-order chi connectivity index (χ0) is 14.7. The van der Waals surface area contributed by atoms with Gasteiger partial charge in [0.05, 0.1) is 0 Å². The van der Waals surface area contributed by atoms with Crippen molar-refractivity contribution in [3.05, 3.63) is 35.0 Å². The Labute approximate surface area is 119 Å². The largest absolute Gasteiger partial charge is 0.385 e. The molecule has 0 spiro atoms. The molecule has 2 aromatic rings. The Balaban J connectivity index is 2.19. The van der Waals surface area contributed by atoms with E-state index in [0.29, 0.717) is 18.7 Å². The third-order valence-corrected chi connectivity index (χ3v) is 3.88. The van der Waals surface area contributed by atoms with Gasteiger partial charge in [-0.3, -0.25) is 4.79 Å². The van der Waals surface area contributed by atoms with E-state index in [9.17, 15) is 4.79 Å². The summed E-state index contributed by atoms with van der Waals surface area (Å²) in [4.78, 5) is 12.1. The highest BCUT2D eigenvalue weighted by Crippen LogP contribution is 2.25. The van der Waals surface area contributed by atoms with Gasteiger partial charge in [-0.1, -0.05) is 0 Å². The minimum atomic E-state index is -0.0242. The van der Waals surface area contributed by atoms with Crippen molar-refractivity contribution >= 4 is 16.8 Å². The third kappa shape index (κ3) is 2.70. The lowest BCUT2D eigenvalue weighted by molar-refractivity contribution is 0.0949. The first-order valence-electron chi connectivity index (χ1n) is 6.89. The fourth-order valence-electron chi connectivity index (χ4n) is 2.42. The van der Waals surface area contributed by atoms with Gasteiger partial charge in [0.2, 0.25) is 0 Å². The molecule has 0 aliphatic rings. The van der Waals surface area contributed by atoms with E-state index in [1.165, 1.54) is 11.3 Å². The monoisotopic (exact) mass is 274 g/mol. The van der Waals surface area contributed by atoms with Crippen LogP contribution in [0.2, 0.25) is 0 Å². The normalized spacial score (nSPS) is 11.0. The average molecular weight is 274 g/mol. The molecule has 4 heteroatoms. The fourth-order valence-corrected chi connectivity index (χ4v) is 2.42. The Hall–Kier alpha value is -1.81. The number of aromatic nitrogens is 1. The molecule has 0 aliphatic carbocycles. The molecule has 0 saturated carbocycles. The second-order valence-electron chi connectivity index (χ2n) is 5.10. The summed E-state index contributed by atoms with van der Waals surface area (Å²) in [6.07, 6.45) is 0.827. The van der Waals surface area contributed by atoms with E-state index >= 15 is 0 Å². The van der Waals surface area contributed by atoms with Crippen LogP contribution in [0.3, 0.4) is 0 Å². The molecule has 0 atom stereocenters. The summed E-state index contributed by atoms with van der Waals surface area (Å²) < 4.78 is 7.12. The van der Waals surface area contributed by atoms with Crippen molar-refractivity contribution in [3.63, 3.8) is 0 Å². The van der Waals surface area contributed by atoms with Gasteiger partial charge < -0.3 is 14.6 Å². The molecule has 0 aliphatic heterocycles. The van der Waals surface area contributed by atoms with Gasteiger partial charge >= 0.3 is 0 Å². The van der Waals surface area contributed by atoms with E-state index in [-0.39, 0.29) is 5.91 Å². The molecule has 0 fully saturated rings. The summed E-state index contributed by atoms with van der Waals surface area (Å²) in [5.74, 6) is -0.0242. The minimum Gasteiger partial charge on any atom is -0.385 e. The van der Waals surface area contributed by atoms with E-state index < -0.39 is 0 Å². The number of methoxy groups -OCH3 is 1. The first kappa shape index (κ1) is 14.6. The van der Waals surface area contributed by atoms with Crippen LogP contribution in [-0.4, -0.2) is 30.7 Å². The highest BCUT2D eigenvalue weighted by Gasteiger charge is 2.11. The first-order valence-corrected chi connectivity index (χ1v) is 6.89. The highest BCUT2D eigenvalue weighted by molar-refractivity contribution is 5.99. The highest BCUT2D eigenvalue weighted by atomic mass is 16.5. The maximum absolute atomic E-state index is 12.1. The van der Waals surface area contributed by atoms with Crippen LogP contribution in [0.4, 0.5) is 0 Å². The van der Waals surface area contributed by atoms with E-state index in [1.54, 1.807) is 7.11 Å². The van der Waals surface area contributed by atoms with Crippen LogP contribution in [0.15, 0.2) is 18.2 Å². The lowest BCUT2D eigenvalue weighted by Crippen LogP contribution is -2.25. The number of nitrogens with zero attached hydrogens (tertiary/aromatic N) is 1.